The van der Waals surface area contributed by atoms with Gasteiger partial charge < -0.3 is 8.83 Å². The number of benzene rings is 2. The quantitative estimate of drug-likeness (QED) is 0.264. The van der Waals surface area contributed by atoms with Gasteiger partial charge >= 0.3 is 0 Å². The van der Waals surface area contributed by atoms with Gasteiger partial charge in [0.25, 0.3) is 5.22 Å². The number of thioether (sulfide) groups is 1. The van der Waals surface area contributed by atoms with Crippen LogP contribution >= 0.6 is 35.0 Å². The fourth-order valence-electron chi connectivity index (χ4n) is 2.46. The molecule has 28 heavy (non-hydrogen) atoms. The molecule has 0 unspecified atom stereocenters. The van der Waals surface area contributed by atoms with Crippen LogP contribution in [0.1, 0.15) is 10.6 Å². The average Bonchev–Trinajstić information content (AvgIpc) is 3.39. The largest absolute Gasteiger partial charge is 0.453 e. The lowest BCUT2D eigenvalue weighted by molar-refractivity contribution is 0.0992. The number of halogens is 2. The second-order valence-corrected chi connectivity index (χ2v) is 7.48. The Morgan fingerprint density at radius 3 is 2.50 bits per heavy atom. The van der Waals surface area contributed by atoms with Crippen LogP contribution < -0.4 is 0 Å². The topological polar surface area (TPSA) is 69.1 Å². The van der Waals surface area contributed by atoms with Crippen molar-refractivity contribution in [2.45, 2.75) is 5.22 Å². The zero-order valence-corrected chi connectivity index (χ0v) is 16.6. The lowest BCUT2D eigenvalue weighted by Gasteiger charge is -2.00. The summed E-state index contributed by atoms with van der Waals surface area (Å²) in [5, 5.41) is 9.17. The molecule has 2 heterocycles. The van der Waals surface area contributed by atoms with Gasteiger partial charge in [0.2, 0.25) is 11.7 Å². The maximum absolute atomic E-state index is 12.4. The minimum Gasteiger partial charge on any atom is -0.453 e. The van der Waals surface area contributed by atoms with Gasteiger partial charge in [0, 0.05) is 11.1 Å². The Hall–Kier alpha value is -2.54. The van der Waals surface area contributed by atoms with Gasteiger partial charge in [0.15, 0.2) is 5.76 Å². The molecule has 0 aliphatic heterocycles. The van der Waals surface area contributed by atoms with Gasteiger partial charge in [0.1, 0.15) is 5.76 Å². The first-order valence-electron chi connectivity index (χ1n) is 8.20. The third-order valence-electron chi connectivity index (χ3n) is 3.84. The molecule has 2 aromatic heterocycles. The van der Waals surface area contributed by atoms with Crippen LogP contribution in [0.15, 0.2) is 74.7 Å². The van der Waals surface area contributed by atoms with Crippen LogP contribution in [0.3, 0.4) is 0 Å². The number of nitrogens with zero attached hydrogens (tertiary/aromatic N) is 2. The zero-order valence-electron chi connectivity index (χ0n) is 14.3. The molecule has 5 nitrogen and oxygen atoms in total. The highest BCUT2D eigenvalue weighted by Crippen LogP contribution is 2.30. The highest BCUT2D eigenvalue weighted by molar-refractivity contribution is 7.99. The number of carbonyl (C=O) groups excluding carboxylic acids is 1. The zero-order chi connectivity index (χ0) is 19.5. The summed E-state index contributed by atoms with van der Waals surface area (Å²) in [7, 11) is 0. The van der Waals surface area contributed by atoms with Crippen LogP contribution in [-0.2, 0) is 0 Å². The molecule has 0 saturated heterocycles. The molecule has 0 radical (unpaired) electrons. The summed E-state index contributed by atoms with van der Waals surface area (Å²) in [4.78, 5) is 12.4. The van der Waals surface area contributed by atoms with Crippen LogP contribution in [0, 0.1) is 0 Å². The van der Waals surface area contributed by atoms with Crippen molar-refractivity contribution in [3.05, 3.63) is 76.5 Å². The number of aromatic nitrogens is 2. The molecule has 0 aliphatic rings. The first-order valence-corrected chi connectivity index (χ1v) is 9.94. The van der Waals surface area contributed by atoms with E-state index in [4.69, 9.17) is 32.0 Å². The van der Waals surface area contributed by atoms with E-state index in [-0.39, 0.29) is 17.3 Å². The van der Waals surface area contributed by atoms with E-state index < -0.39 is 0 Å². The SMILES string of the molecule is O=C(CSc1nnc(-c2ccccc2)o1)c1ccc(-c2ccc(Cl)c(Cl)c2)o1. The standard InChI is InChI=1S/C20H12Cl2N2O3S/c21-14-7-6-13(10-15(14)22)17-8-9-18(26-17)16(25)11-28-20-24-23-19(27-20)12-4-2-1-3-5-12/h1-10H,11H2. The predicted octanol–water partition coefficient (Wildman–Crippen LogP) is 6.28. The van der Waals surface area contributed by atoms with Crippen LogP contribution in [0.5, 0.6) is 0 Å². The smallest absolute Gasteiger partial charge is 0.277 e. The fraction of sp³-hybridized carbons (Fsp3) is 0.0500. The predicted molar refractivity (Wildman–Crippen MR) is 109 cm³/mol. The number of rotatable bonds is 6. The minimum absolute atomic E-state index is 0.116. The van der Waals surface area contributed by atoms with Crippen molar-refractivity contribution < 1.29 is 13.6 Å². The van der Waals surface area contributed by atoms with E-state index in [9.17, 15) is 4.79 Å². The fourth-order valence-corrected chi connectivity index (χ4v) is 3.39. The second kappa shape index (κ2) is 8.22. The van der Waals surface area contributed by atoms with E-state index in [0.717, 1.165) is 22.9 Å². The van der Waals surface area contributed by atoms with E-state index in [1.54, 1.807) is 30.3 Å². The van der Waals surface area contributed by atoms with E-state index >= 15 is 0 Å². The Morgan fingerprint density at radius 2 is 1.71 bits per heavy atom. The van der Waals surface area contributed by atoms with Crippen LogP contribution in [0.2, 0.25) is 10.0 Å². The lowest BCUT2D eigenvalue weighted by Crippen LogP contribution is -2.00. The number of carbonyl (C=O) groups is 1. The van der Waals surface area contributed by atoms with Gasteiger partial charge in [-0.05, 0) is 42.5 Å². The van der Waals surface area contributed by atoms with Crippen molar-refractivity contribution in [1.82, 2.24) is 10.2 Å². The van der Waals surface area contributed by atoms with Crippen LogP contribution in [0.25, 0.3) is 22.8 Å². The average molecular weight is 431 g/mol. The summed E-state index contributed by atoms with van der Waals surface area (Å²) in [6, 6.07) is 17.9. The molecule has 0 bridgehead atoms. The third kappa shape index (κ3) is 4.14. The number of hydrogen-bond acceptors (Lipinski definition) is 6. The first kappa shape index (κ1) is 18.8. The molecule has 0 N–H and O–H groups in total. The van der Waals surface area contributed by atoms with Crippen LogP contribution in [0.4, 0.5) is 0 Å². The van der Waals surface area contributed by atoms with Crippen molar-refractivity contribution in [1.29, 1.82) is 0 Å². The Balaban J connectivity index is 1.41. The molecule has 2 aromatic carbocycles. The molecule has 8 heteroatoms. The van der Waals surface area contributed by atoms with Crippen molar-refractivity contribution in [3.8, 4) is 22.8 Å². The molecular weight excluding hydrogens is 419 g/mol. The molecule has 4 rings (SSSR count). The maximum Gasteiger partial charge on any atom is 0.277 e. The number of Topliss-reactive ketones (excluding diaryl/α,β-unsaturated/α-hetero) is 1. The van der Waals surface area contributed by atoms with Crippen molar-refractivity contribution >= 4 is 40.7 Å². The molecule has 140 valence electrons. The van der Waals surface area contributed by atoms with Gasteiger partial charge in [-0.15, -0.1) is 10.2 Å². The molecule has 0 atom stereocenters. The monoisotopic (exact) mass is 430 g/mol. The first-order chi connectivity index (χ1) is 13.6. The van der Waals surface area contributed by atoms with Gasteiger partial charge in [-0.2, -0.15) is 0 Å². The van der Waals surface area contributed by atoms with Crippen LogP contribution in [-0.4, -0.2) is 21.7 Å². The highest BCUT2D eigenvalue weighted by Gasteiger charge is 2.16. The minimum atomic E-state index is -0.184. The van der Waals surface area contributed by atoms with Crippen molar-refractivity contribution in [2.24, 2.45) is 0 Å². The molecular formula is C20H12Cl2N2O3S. The Kier molecular flexibility index (Phi) is 5.52. The van der Waals surface area contributed by atoms with Gasteiger partial charge in [-0.1, -0.05) is 53.2 Å². The summed E-state index contributed by atoms with van der Waals surface area (Å²) in [6.07, 6.45) is 0. The Bertz CT molecular complexity index is 1130. The summed E-state index contributed by atoms with van der Waals surface area (Å²) in [5.74, 6) is 1.13. The third-order valence-corrected chi connectivity index (χ3v) is 5.40. The summed E-state index contributed by atoms with van der Waals surface area (Å²) < 4.78 is 11.2. The van der Waals surface area contributed by atoms with E-state index in [0.29, 0.717) is 26.9 Å². The second-order valence-electron chi connectivity index (χ2n) is 5.74. The molecule has 0 saturated carbocycles. The molecule has 0 amide bonds. The van der Waals surface area contributed by atoms with Crippen molar-refractivity contribution in [2.75, 3.05) is 5.75 Å². The maximum atomic E-state index is 12.4. The van der Waals surface area contributed by atoms with Gasteiger partial charge in [0.05, 0.1) is 15.8 Å². The Morgan fingerprint density at radius 1 is 0.893 bits per heavy atom. The molecule has 0 spiro atoms. The van der Waals surface area contributed by atoms with Gasteiger partial charge in [-0.25, -0.2) is 0 Å². The number of ketones is 1. The summed E-state index contributed by atoms with van der Waals surface area (Å²) >= 11 is 13.1. The molecule has 0 fully saturated rings. The van der Waals surface area contributed by atoms with E-state index in [2.05, 4.69) is 10.2 Å². The normalized spacial score (nSPS) is 10.9. The highest BCUT2D eigenvalue weighted by atomic mass is 35.5. The number of furan rings is 1. The summed E-state index contributed by atoms with van der Waals surface area (Å²) in [6.45, 7) is 0. The van der Waals surface area contributed by atoms with Gasteiger partial charge in [-0.3, -0.25) is 4.79 Å². The number of hydrogen-bond donors (Lipinski definition) is 0. The summed E-state index contributed by atoms with van der Waals surface area (Å²) in [5.41, 5.74) is 1.57. The van der Waals surface area contributed by atoms with E-state index in [1.165, 1.54) is 0 Å². The molecule has 0 aliphatic carbocycles. The molecule has 4 aromatic rings. The van der Waals surface area contributed by atoms with E-state index in [1.807, 2.05) is 30.3 Å². The lowest BCUT2D eigenvalue weighted by atomic mass is 10.2. The Labute approximate surface area is 174 Å². The van der Waals surface area contributed by atoms with Crippen molar-refractivity contribution in [3.63, 3.8) is 0 Å².